The van der Waals surface area contributed by atoms with Crippen molar-refractivity contribution >= 4 is 5.91 Å². The molecule has 1 unspecified atom stereocenters. The van der Waals surface area contributed by atoms with E-state index in [2.05, 4.69) is 10.2 Å². The Kier molecular flexibility index (Phi) is 5.75. The van der Waals surface area contributed by atoms with Crippen LogP contribution in [-0.2, 0) is 0 Å². The van der Waals surface area contributed by atoms with Crippen LogP contribution >= 0.6 is 0 Å². The van der Waals surface area contributed by atoms with Crippen molar-refractivity contribution in [2.24, 2.45) is 0 Å². The molecular formula is C21H22FN3O3. The highest BCUT2D eigenvalue weighted by Crippen LogP contribution is 2.22. The number of H-pyrrole nitrogens is 1. The molecule has 6 nitrogen and oxygen atoms in total. The Bertz CT molecular complexity index is 987. The fourth-order valence-electron chi connectivity index (χ4n) is 2.89. The van der Waals surface area contributed by atoms with Crippen LogP contribution in [0.15, 0.2) is 48.5 Å². The number of hydrogen-bond donors (Lipinski definition) is 2. The molecule has 0 saturated carbocycles. The van der Waals surface area contributed by atoms with Crippen LogP contribution in [0.2, 0.25) is 0 Å². The second kappa shape index (κ2) is 8.22. The molecule has 1 aromatic heterocycles. The topological polar surface area (TPSA) is 78.5 Å². The molecule has 2 aromatic carbocycles. The molecule has 0 spiro atoms. The van der Waals surface area contributed by atoms with E-state index in [-0.39, 0.29) is 24.0 Å². The molecule has 28 heavy (non-hydrogen) atoms. The van der Waals surface area contributed by atoms with Crippen LogP contribution in [0, 0.1) is 12.7 Å². The SMILES string of the molecule is COc1cccc(C(O)CN(C)C(=O)c2cc(-c3ccc(F)c(C)c3)n[nH]2)c1. The molecule has 0 aliphatic carbocycles. The van der Waals surface area contributed by atoms with Crippen molar-refractivity contribution in [3.8, 4) is 17.0 Å². The van der Waals surface area contributed by atoms with Crippen molar-refractivity contribution in [3.05, 3.63) is 71.2 Å². The van der Waals surface area contributed by atoms with Crippen LogP contribution < -0.4 is 4.74 Å². The number of carbonyl (C=O) groups excluding carboxylic acids is 1. The Morgan fingerprint density at radius 2 is 2.07 bits per heavy atom. The number of methoxy groups -OCH3 is 1. The molecule has 0 aliphatic rings. The number of rotatable bonds is 6. The molecule has 0 saturated heterocycles. The van der Waals surface area contributed by atoms with E-state index in [0.29, 0.717) is 28.1 Å². The molecule has 7 heteroatoms. The molecule has 1 amide bonds. The largest absolute Gasteiger partial charge is 0.497 e. The second-order valence-electron chi connectivity index (χ2n) is 6.61. The number of nitrogens with one attached hydrogen (secondary N) is 1. The van der Waals surface area contributed by atoms with E-state index in [1.54, 1.807) is 63.5 Å². The number of aromatic nitrogens is 2. The number of amides is 1. The average molecular weight is 383 g/mol. The molecule has 1 heterocycles. The lowest BCUT2D eigenvalue weighted by atomic mass is 10.1. The van der Waals surface area contributed by atoms with E-state index >= 15 is 0 Å². The van der Waals surface area contributed by atoms with Gasteiger partial charge in [0.2, 0.25) is 0 Å². The maximum atomic E-state index is 13.4. The second-order valence-corrected chi connectivity index (χ2v) is 6.61. The number of ether oxygens (including phenoxy) is 1. The third-order valence-corrected chi connectivity index (χ3v) is 4.53. The monoisotopic (exact) mass is 383 g/mol. The lowest BCUT2D eigenvalue weighted by Crippen LogP contribution is -2.31. The van der Waals surface area contributed by atoms with Crippen molar-refractivity contribution in [1.29, 1.82) is 0 Å². The number of aromatic amines is 1. The van der Waals surface area contributed by atoms with Crippen molar-refractivity contribution in [2.75, 3.05) is 20.7 Å². The van der Waals surface area contributed by atoms with Gasteiger partial charge in [-0.2, -0.15) is 5.10 Å². The molecule has 3 aromatic rings. The fourth-order valence-corrected chi connectivity index (χ4v) is 2.89. The van der Waals surface area contributed by atoms with E-state index in [1.807, 2.05) is 0 Å². The molecule has 0 radical (unpaired) electrons. The van der Waals surface area contributed by atoms with Crippen molar-refractivity contribution < 1.29 is 19.0 Å². The predicted molar refractivity (Wildman–Crippen MR) is 104 cm³/mol. The summed E-state index contributed by atoms with van der Waals surface area (Å²) in [4.78, 5) is 14.1. The zero-order valence-corrected chi connectivity index (χ0v) is 15.9. The number of aliphatic hydroxyl groups is 1. The quantitative estimate of drug-likeness (QED) is 0.684. The minimum absolute atomic E-state index is 0.107. The maximum absolute atomic E-state index is 13.4. The Morgan fingerprint density at radius 3 is 2.79 bits per heavy atom. The van der Waals surface area contributed by atoms with Crippen molar-refractivity contribution in [3.63, 3.8) is 0 Å². The van der Waals surface area contributed by atoms with Gasteiger partial charge in [-0.05, 0) is 54.4 Å². The Labute approximate surface area is 162 Å². The number of nitrogens with zero attached hydrogens (tertiary/aromatic N) is 2. The van der Waals surface area contributed by atoms with Gasteiger partial charge in [0.1, 0.15) is 17.3 Å². The third kappa shape index (κ3) is 4.20. The van der Waals surface area contributed by atoms with Gasteiger partial charge < -0.3 is 14.7 Å². The van der Waals surface area contributed by atoms with Gasteiger partial charge in [0.25, 0.3) is 5.91 Å². The summed E-state index contributed by atoms with van der Waals surface area (Å²) in [7, 11) is 3.16. The van der Waals surface area contributed by atoms with Gasteiger partial charge in [0.05, 0.1) is 25.5 Å². The molecular weight excluding hydrogens is 361 g/mol. The van der Waals surface area contributed by atoms with Crippen LogP contribution in [0.5, 0.6) is 5.75 Å². The smallest absolute Gasteiger partial charge is 0.271 e. The first-order chi connectivity index (χ1) is 13.4. The summed E-state index contributed by atoms with van der Waals surface area (Å²) in [6.45, 7) is 1.78. The number of likely N-dealkylation sites (N-methyl/N-ethyl adjacent to an activating group) is 1. The third-order valence-electron chi connectivity index (χ3n) is 4.53. The summed E-state index contributed by atoms with van der Waals surface area (Å²) in [6, 6.07) is 13.4. The lowest BCUT2D eigenvalue weighted by molar-refractivity contribution is 0.0675. The molecule has 0 fully saturated rings. The Morgan fingerprint density at radius 1 is 1.29 bits per heavy atom. The standard InChI is InChI=1S/C21H22FN3O3/c1-13-9-14(7-8-17(13)22)18-11-19(24-23-18)21(27)25(2)12-20(26)15-5-4-6-16(10-15)28-3/h4-11,20,26H,12H2,1-3H3,(H,23,24). The first-order valence-corrected chi connectivity index (χ1v) is 8.78. The first kappa shape index (κ1) is 19.6. The molecule has 3 rings (SSSR count). The Hall–Kier alpha value is -3.19. The van der Waals surface area contributed by atoms with Crippen molar-refractivity contribution in [1.82, 2.24) is 15.1 Å². The van der Waals surface area contributed by atoms with Crippen LogP contribution in [-0.4, -0.2) is 46.8 Å². The lowest BCUT2D eigenvalue weighted by Gasteiger charge is -2.20. The summed E-state index contributed by atoms with van der Waals surface area (Å²) >= 11 is 0. The first-order valence-electron chi connectivity index (χ1n) is 8.78. The molecule has 0 aliphatic heterocycles. The van der Waals surface area contributed by atoms with Crippen LogP contribution in [0.3, 0.4) is 0 Å². The Balaban J connectivity index is 1.71. The highest BCUT2D eigenvalue weighted by molar-refractivity contribution is 5.93. The van der Waals surface area contributed by atoms with Gasteiger partial charge in [0, 0.05) is 12.6 Å². The van der Waals surface area contributed by atoms with Crippen molar-refractivity contribution in [2.45, 2.75) is 13.0 Å². The highest BCUT2D eigenvalue weighted by atomic mass is 19.1. The van der Waals surface area contributed by atoms with E-state index in [1.165, 1.54) is 11.0 Å². The number of aryl methyl sites for hydroxylation is 1. The van der Waals surface area contributed by atoms with Gasteiger partial charge >= 0.3 is 0 Å². The van der Waals surface area contributed by atoms with E-state index < -0.39 is 6.10 Å². The van der Waals surface area contributed by atoms with E-state index in [9.17, 15) is 14.3 Å². The summed E-state index contributed by atoms with van der Waals surface area (Å²) in [5, 5.41) is 17.3. The number of carbonyl (C=O) groups is 1. The summed E-state index contributed by atoms with van der Waals surface area (Å²) in [5.74, 6) is 0.0414. The normalized spacial score (nSPS) is 11.9. The zero-order valence-electron chi connectivity index (χ0n) is 15.9. The highest BCUT2D eigenvalue weighted by Gasteiger charge is 2.19. The minimum Gasteiger partial charge on any atom is -0.497 e. The summed E-state index contributed by atoms with van der Waals surface area (Å²) in [5.41, 5.74) is 2.72. The van der Waals surface area contributed by atoms with Crippen LogP contribution in [0.25, 0.3) is 11.3 Å². The predicted octanol–water partition coefficient (Wildman–Crippen LogP) is 3.34. The van der Waals surface area contributed by atoms with Crippen LogP contribution in [0.1, 0.15) is 27.7 Å². The number of hydrogen-bond acceptors (Lipinski definition) is 4. The van der Waals surface area contributed by atoms with E-state index in [4.69, 9.17) is 4.74 Å². The van der Waals surface area contributed by atoms with E-state index in [0.717, 1.165) is 0 Å². The van der Waals surface area contributed by atoms with Gasteiger partial charge in [-0.15, -0.1) is 0 Å². The number of aliphatic hydroxyl groups excluding tert-OH is 1. The zero-order chi connectivity index (χ0) is 20.3. The number of halogens is 1. The fraction of sp³-hybridized carbons (Fsp3) is 0.238. The molecule has 1 atom stereocenters. The molecule has 0 bridgehead atoms. The summed E-state index contributed by atoms with van der Waals surface area (Å²) in [6.07, 6.45) is -0.855. The molecule has 146 valence electrons. The molecule has 2 N–H and O–H groups in total. The van der Waals surface area contributed by atoms with Gasteiger partial charge in [-0.1, -0.05) is 12.1 Å². The number of benzene rings is 2. The van der Waals surface area contributed by atoms with Gasteiger partial charge in [0.15, 0.2) is 0 Å². The summed E-state index contributed by atoms with van der Waals surface area (Å²) < 4.78 is 18.6. The van der Waals surface area contributed by atoms with Crippen LogP contribution in [0.4, 0.5) is 4.39 Å². The average Bonchev–Trinajstić information content (AvgIpc) is 3.19. The maximum Gasteiger partial charge on any atom is 0.271 e. The van der Waals surface area contributed by atoms with Gasteiger partial charge in [-0.25, -0.2) is 4.39 Å². The minimum atomic E-state index is -0.855. The van der Waals surface area contributed by atoms with Gasteiger partial charge in [-0.3, -0.25) is 9.89 Å².